The molecule has 0 spiro atoms. The molecule has 2 rings (SSSR count). The molecule has 0 radical (unpaired) electrons. The van der Waals surface area contributed by atoms with Gasteiger partial charge in [-0.15, -0.1) is 11.8 Å². The number of H-pyrrole nitrogens is 1. The lowest BCUT2D eigenvalue weighted by molar-refractivity contribution is -0.130. The average Bonchev–Trinajstić information content (AvgIpc) is 2.91. The van der Waals surface area contributed by atoms with Crippen molar-refractivity contribution in [3.05, 3.63) is 17.0 Å². The van der Waals surface area contributed by atoms with Crippen LogP contribution in [0.5, 0.6) is 0 Å². The van der Waals surface area contributed by atoms with Crippen molar-refractivity contribution in [3.8, 4) is 0 Å². The van der Waals surface area contributed by atoms with Gasteiger partial charge in [0.25, 0.3) is 0 Å². The SMILES string of the molecule is CCCC1SCCN1C(=O)Cc1c(C)n[nH]c1C. The van der Waals surface area contributed by atoms with Crippen molar-refractivity contribution in [2.24, 2.45) is 0 Å². The van der Waals surface area contributed by atoms with Crippen molar-refractivity contribution in [1.29, 1.82) is 0 Å². The Morgan fingerprint density at radius 3 is 2.94 bits per heavy atom. The molecule has 1 aliphatic heterocycles. The topological polar surface area (TPSA) is 49.0 Å². The molecule has 0 bridgehead atoms. The van der Waals surface area contributed by atoms with E-state index in [1.165, 1.54) is 0 Å². The summed E-state index contributed by atoms with van der Waals surface area (Å²) < 4.78 is 0. The molecule has 5 heteroatoms. The summed E-state index contributed by atoms with van der Waals surface area (Å²) in [7, 11) is 0. The van der Waals surface area contributed by atoms with Gasteiger partial charge < -0.3 is 4.90 Å². The summed E-state index contributed by atoms with van der Waals surface area (Å²) in [5.41, 5.74) is 3.02. The molecular weight excluding hydrogens is 246 g/mol. The van der Waals surface area contributed by atoms with Crippen LogP contribution >= 0.6 is 11.8 Å². The van der Waals surface area contributed by atoms with Crippen molar-refractivity contribution in [2.75, 3.05) is 12.3 Å². The fourth-order valence-electron chi connectivity index (χ4n) is 2.38. The number of carbonyl (C=O) groups excluding carboxylic acids is 1. The second-order valence-electron chi connectivity index (χ2n) is 4.79. The molecule has 100 valence electrons. The summed E-state index contributed by atoms with van der Waals surface area (Å²) in [5, 5.41) is 7.48. The molecule has 1 unspecified atom stereocenters. The Morgan fingerprint density at radius 2 is 2.33 bits per heavy atom. The Morgan fingerprint density at radius 1 is 1.56 bits per heavy atom. The van der Waals surface area contributed by atoms with Gasteiger partial charge in [0.05, 0.1) is 17.5 Å². The van der Waals surface area contributed by atoms with Crippen molar-refractivity contribution in [1.82, 2.24) is 15.1 Å². The summed E-state index contributed by atoms with van der Waals surface area (Å²) >= 11 is 1.91. The minimum atomic E-state index is 0.242. The van der Waals surface area contributed by atoms with Crippen LogP contribution < -0.4 is 0 Å². The molecule has 1 aromatic heterocycles. The number of rotatable bonds is 4. The van der Waals surface area contributed by atoms with E-state index < -0.39 is 0 Å². The van der Waals surface area contributed by atoms with E-state index >= 15 is 0 Å². The number of aromatic amines is 1. The van der Waals surface area contributed by atoms with Crippen LogP contribution in [0.3, 0.4) is 0 Å². The van der Waals surface area contributed by atoms with Gasteiger partial charge in [-0.1, -0.05) is 13.3 Å². The highest BCUT2D eigenvalue weighted by Crippen LogP contribution is 2.28. The standard InChI is InChI=1S/C13H21N3OS/c1-4-5-13-16(6-7-18-13)12(17)8-11-9(2)14-15-10(11)3/h13H,4-8H2,1-3H3,(H,14,15). The zero-order chi connectivity index (χ0) is 13.1. The number of aromatic nitrogens is 2. The first-order chi connectivity index (χ1) is 8.63. The zero-order valence-corrected chi connectivity index (χ0v) is 12.1. The summed E-state index contributed by atoms with van der Waals surface area (Å²) in [5.74, 6) is 1.31. The van der Waals surface area contributed by atoms with Crippen LogP contribution in [0, 0.1) is 13.8 Å². The third-order valence-electron chi connectivity index (χ3n) is 3.45. The summed E-state index contributed by atoms with van der Waals surface area (Å²) in [6.07, 6.45) is 2.71. The number of thioether (sulfide) groups is 1. The number of aryl methyl sites for hydroxylation is 2. The molecule has 4 nitrogen and oxygen atoms in total. The highest BCUT2D eigenvalue weighted by atomic mass is 32.2. The highest BCUT2D eigenvalue weighted by molar-refractivity contribution is 8.00. The Kier molecular flexibility index (Phi) is 4.32. The second-order valence-corrected chi connectivity index (χ2v) is 6.08. The molecule has 2 heterocycles. The number of carbonyl (C=O) groups is 1. The molecule has 1 N–H and O–H groups in total. The van der Waals surface area contributed by atoms with Gasteiger partial charge >= 0.3 is 0 Å². The van der Waals surface area contributed by atoms with Crippen LogP contribution in [0.15, 0.2) is 0 Å². The molecule has 1 fully saturated rings. The van der Waals surface area contributed by atoms with Gasteiger partial charge in [0.1, 0.15) is 0 Å². The van der Waals surface area contributed by atoms with E-state index in [4.69, 9.17) is 0 Å². The van der Waals surface area contributed by atoms with Gasteiger partial charge in [0.2, 0.25) is 5.91 Å². The van der Waals surface area contributed by atoms with E-state index in [-0.39, 0.29) is 5.91 Å². The van der Waals surface area contributed by atoms with Gasteiger partial charge in [0.15, 0.2) is 0 Å². The molecule has 1 atom stereocenters. The van der Waals surface area contributed by atoms with E-state index in [0.717, 1.165) is 42.1 Å². The van der Waals surface area contributed by atoms with E-state index in [1.807, 2.05) is 30.5 Å². The maximum Gasteiger partial charge on any atom is 0.228 e. The quantitative estimate of drug-likeness (QED) is 0.910. The Labute approximate surface area is 113 Å². The van der Waals surface area contributed by atoms with Crippen LogP contribution in [0.1, 0.15) is 36.7 Å². The predicted octanol–water partition coefficient (Wildman–Crippen LogP) is 2.27. The van der Waals surface area contributed by atoms with Crippen LogP contribution in [0.25, 0.3) is 0 Å². The van der Waals surface area contributed by atoms with Crippen molar-refractivity contribution in [3.63, 3.8) is 0 Å². The van der Waals surface area contributed by atoms with Gasteiger partial charge in [-0.3, -0.25) is 9.89 Å². The van der Waals surface area contributed by atoms with E-state index in [1.54, 1.807) is 0 Å². The molecule has 0 saturated carbocycles. The lowest BCUT2D eigenvalue weighted by Crippen LogP contribution is -2.36. The van der Waals surface area contributed by atoms with Crippen LogP contribution in [0.4, 0.5) is 0 Å². The molecular formula is C13H21N3OS. The predicted molar refractivity (Wildman–Crippen MR) is 74.6 cm³/mol. The van der Waals surface area contributed by atoms with Crippen LogP contribution in [-0.2, 0) is 11.2 Å². The molecule has 1 aromatic rings. The van der Waals surface area contributed by atoms with Crippen molar-refractivity contribution >= 4 is 17.7 Å². The number of hydrogen-bond donors (Lipinski definition) is 1. The Bertz CT molecular complexity index is 410. The highest BCUT2D eigenvalue weighted by Gasteiger charge is 2.29. The third kappa shape index (κ3) is 2.71. The zero-order valence-electron chi connectivity index (χ0n) is 11.3. The first kappa shape index (κ1) is 13.5. The van der Waals surface area contributed by atoms with E-state index in [0.29, 0.717) is 11.8 Å². The number of amides is 1. The molecule has 1 saturated heterocycles. The number of nitrogens with one attached hydrogen (secondary N) is 1. The van der Waals surface area contributed by atoms with E-state index in [9.17, 15) is 4.79 Å². The lowest BCUT2D eigenvalue weighted by atomic mass is 10.1. The summed E-state index contributed by atoms with van der Waals surface area (Å²) in [6, 6.07) is 0. The van der Waals surface area contributed by atoms with E-state index in [2.05, 4.69) is 17.1 Å². The number of hydrogen-bond acceptors (Lipinski definition) is 3. The first-order valence-electron chi connectivity index (χ1n) is 6.55. The van der Waals surface area contributed by atoms with Gasteiger partial charge in [0, 0.05) is 23.6 Å². The van der Waals surface area contributed by atoms with Crippen molar-refractivity contribution in [2.45, 2.75) is 45.4 Å². The van der Waals surface area contributed by atoms with Crippen molar-refractivity contribution < 1.29 is 4.79 Å². The van der Waals surface area contributed by atoms with Gasteiger partial charge in [-0.05, 0) is 20.3 Å². The second kappa shape index (κ2) is 5.78. The fourth-order valence-corrected chi connectivity index (χ4v) is 3.76. The summed E-state index contributed by atoms with van der Waals surface area (Å²) in [4.78, 5) is 14.4. The largest absolute Gasteiger partial charge is 0.330 e. The van der Waals surface area contributed by atoms with Gasteiger partial charge in [-0.25, -0.2) is 0 Å². The van der Waals surface area contributed by atoms with Crippen LogP contribution in [-0.4, -0.2) is 38.7 Å². The minimum absolute atomic E-state index is 0.242. The normalized spacial score (nSPS) is 19.5. The first-order valence-corrected chi connectivity index (χ1v) is 7.59. The summed E-state index contributed by atoms with van der Waals surface area (Å²) in [6.45, 7) is 7.00. The third-order valence-corrected chi connectivity index (χ3v) is 4.75. The average molecular weight is 267 g/mol. The molecule has 1 amide bonds. The monoisotopic (exact) mass is 267 g/mol. The smallest absolute Gasteiger partial charge is 0.228 e. The molecule has 18 heavy (non-hydrogen) atoms. The molecule has 1 aliphatic rings. The molecule has 0 aliphatic carbocycles. The maximum atomic E-state index is 12.4. The van der Waals surface area contributed by atoms with Gasteiger partial charge in [-0.2, -0.15) is 5.10 Å². The Hall–Kier alpha value is -0.970. The minimum Gasteiger partial charge on any atom is -0.330 e. The number of nitrogens with zero attached hydrogens (tertiary/aromatic N) is 2. The Balaban J connectivity index is 2.03. The lowest BCUT2D eigenvalue weighted by Gasteiger charge is -2.23. The maximum absolute atomic E-state index is 12.4. The fraction of sp³-hybridized carbons (Fsp3) is 0.692. The molecule has 0 aromatic carbocycles. The van der Waals surface area contributed by atoms with Crippen LogP contribution in [0.2, 0.25) is 0 Å².